The minimum atomic E-state index is 0.810. The molecule has 19 heavy (non-hydrogen) atoms. The average molecular weight is 322 g/mol. The number of nitrogens with zero attached hydrogens (tertiary/aromatic N) is 2. The Morgan fingerprint density at radius 3 is 2.58 bits per heavy atom. The molecule has 0 aliphatic heterocycles. The summed E-state index contributed by atoms with van der Waals surface area (Å²) in [6.45, 7) is 8.18. The molecule has 0 unspecified atom stereocenters. The summed E-state index contributed by atoms with van der Waals surface area (Å²) in [6, 6.07) is 4.32. The average Bonchev–Trinajstić information content (AvgIpc) is 2.81. The maximum absolute atomic E-state index is 4.34. The van der Waals surface area contributed by atoms with E-state index in [1.165, 1.54) is 21.2 Å². The Labute approximate surface area is 123 Å². The summed E-state index contributed by atoms with van der Waals surface area (Å²) in [5, 5.41) is 7.79. The molecule has 0 radical (unpaired) electrons. The molecule has 3 nitrogen and oxygen atoms in total. The summed E-state index contributed by atoms with van der Waals surface area (Å²) in [5.74, 6) is 0. The molecule has 1 aromatic carbocycles. The topological polar surface area (TPSA) is 29.9 Å². The first-order valence-electron chi connectivity index (χ1n) is 6.62. The highest BCUT2D eigenvalue weighted by atomic mass is 79.9. The fraction of sp³-hybridized carbons (Fsp3) is 0.400. The van der Waals surface area contributed by atoms with Crippen molar-refractivity contribution in [1.82, 2.24) is 9.78 Å². The van der Waals surface area contributed by atoms with Gasteiger partial charge in [-0.05, 0) is 43.5 Å². The van der Waals surface area contributed by atoms with E-state index in [4.69, 9.17) is 0 Å². The predicted octanol–water partition coefficient (Wildman–Crippen LogP) is 4.28. The van der Waals surface area contributed by atoms with Crippen molar-refractivity contribution in [3.8, 4) is 0 Å². The monoisotopic (exact) mass is 321 g/mol. The molecule has 0 saturated heterocycles. The predicted molar refractivity (Wildman–Crippen MR) is 83.5 cm³/mol. The third-order valence-corrected chi connectivity index (χ3v) is 4.32. The Hall–Kier alpha value is -1.29. The summed E-state index contributed by atoms with van der Waals surface area (Å²) in [4.78, 5) is 0. The molecule has 0 aliphatic carbocycles. The minimum Gasteiger partial charge on any atom is -0.381 e. The number of hydrogen-bond donors (Lipinski definition) is 1. The third-order valence-electron chi connectivity index (χ3n) is 3.07. The Bertz CT molecular complexity index is 537. The van der Waals surface area contributed by atoms with Crippen molar-refractivity contribution in [2.45, 2.75) is 40.3 Å². The summed E-state index contributed by atoms with van der Waals surface area (Å²) < 4.78 is 3.18. The van der Waals surface area contributed by atoms with Crippen molar-refractivity contribution in [2.75, 3.05) is 5.32 Å². The van der Waals surface area contributed by atoms with Gasteiger partial charge in [-0.2, -0.15) is 5.10 Å². The van der Waals surface area contributed by atoms with Gasteiger partial charge in [-0.25, -0.2) is 0 Å². The highest BCUT2D eigenvalue weighted by Crippen LogP contribution is 2.25. The first-order valence-corrected chi connectivity index (χ1v) is 7.41. The number of hydrogen-bond acceptors (Lipinski definition) is 2. The van der Waals surface area contributed by atoms with E-state index in [0.29, 0.717) is 0 Å². The Kier molecular flexibility index (Phi) is 4.64. The van der Waals surface area contributed by atoms with Gasteiger partial charge in [-0.15, -0.1) is 0 Å². The van der Waals surface area contributed by atoms with Crippen molar-refractivity contribution >= 4 is 21.6 Å². The molecule has 0 atom stereocenters. The first kappa shape index (κ1) is 14.1. The van der Waals surface area contributed by atoms with E-state index < -0.39 is 0 Å². The van der Waals surface area contributed by atoms with Gasteiger partial charge in [0.15, 0.2) is 0 Å². The van der Waals surface area contributed by atoms with Crippen molar-refractivity contribution in [1.29, 1.82) is 0 Å². The van der Waals surface area contributed by atoms with Crippen molar-refractivity contribution < 1.29 is 0 Å². The van der Waals surface area contributed by atoms with E-state index in [0.717, 1.165) is 25.2 Å². The molecule has 0 saturated carbocycles. The van der Waals surface area contributed by atoms with E-state index in [1.807, 2.05) is 10.9 Å². The lowest BCUT2D eigenvalue weighted by molar-refractivity contribution is 0.602. The molecule has 1 heterocycles. The third kappa shape index (κ3) is 3.60. The van der Waals surface area contributed by atoms with Crippen LogP contribution in [-0.2, 0) is 13.1 Å². The molecule has 1 aromatic heterocycles. The van der Waals surface area contributed by atoms with Gasteiger partial charge >= 0.3 is 0 Å². The maximum atomic E-state index is 4.34. The van der Waals surface area contributed by atoms with E-state index in [-0.39, 0.29) is 0 Å². The summed E-state index contributed by atoms with van der Waals surface area (Å²) >= 11 is 3.59. The number of benzene rings is 1. The van der Waals surface area contributed by atoms with Gasteiger partial charge in [0.1, 0.15) is 0 Å². The second kappa shape index (κ2) is 6.24. The van der Waals surface area contributed by atoms with Crippen LogP contribution in [0.15, 0.2) is 29.0 Å². The largest absolute Gasteiger partial charge is 0.381 e. The van der Waals surface area contributed by atoms with Crippen LogP contribution in [0.25, 0.3) is 0 Å². The number of rotatable bonds is 5. The molecule has 0 amide bonds. The molecular formula is C15H20BrN3. The van der Waals surface area contributed by atoms with Crippen LogP contribution >= 0.6 is 15.9 Å². The number of halogens is 1. The fourth-order valence-corrected chi connectivity index (χ4v) is 2.33. The molecule has 0 bridgehead atoms. The van der Waals surface area contributed by atoms with Crippen LogP contribution in [0.3, 0.4) is 0 Å². The van der Waals surface area contributed by atoms with Gasteiger partial charge in [0.25, 0.3) is 0 Å². The van der Waals surface area contributed by atoms with Crippen LogP contribution < -0.4 is 5.32 Å². The van der Waals surface area contributed by atoms with Gasteiger partial charge in [0.2, 0.25) is 0 Å². The van der Waals surface area contributed by atoms with Crippen LogP contribution in [0.2, 0.25) is 0 Å². The lowest BCUT2D eigenvalue weighted by Crippen LogP contribution is -2.00. The second-order valence-corrected chi connectivity index (χ2v) is 5.68. The fourth-order valence-electron chi connectivity index (χ4n) is 2.10. The minimum absolute atomic E-state index is 0.810. The zero-order valence-corrected chi connectivity index (χ0v) is 13.3. The molecule has 102 valence electrons. The smallest absolute Gasteiger partial charge is 0.0539 e. The van der Waals surface area contributed by atoms with Crippen molar-refractivity contribution in [3.63, 3.8) is 0 Å². The number of nitrogens with one attached hydrogen (secondary N) is 1. The van der Waals surface area contributed by atoms with Crippen LogP contribution in [-0.4, -0.2) is 9.78 Å². The molecule has 2 aromatic rings. The highest BCUT2D eigenvalue weighted by molar-refractivity contribution is 9.10. The van der Waals surface area contributed by atoms with Gasteiger partial charge < -0.3 is 5.32 Å². The molecule has 0 spiro atoms. The highest BCUT2D eigenvalue weighted by Gasteiger charge is 2.03. The van der Waals surface area contributed by atoms with Gasteiger partial charge in [0, 0.05) is 35.0 Å². The van der Waals surface area contributed by atoms with E-state index >= 15 is 0 Å². The SMILES string of the molecule is CCCn1cc(CNc2cc(C)c(Br)c(C)c2)cn1. The van der Waals surface area contributed by atoms with Crippen LogP contribution in [0.4, 0.5) is 5.69 Å². The summed E-state index contributed by atoms with van der Waals surface area (Å²) in [7, 11) is 0. The number of aromatic nitrogens is 2. The molecule has 1 N–H and O–H groups in total. The Balaban J connectivity index is 2.01. The van der Waals surface area contributed by atoms with Gasteiger partial charge in [0.05, 0.1) is 6.20 Å². The number of aryl methyl sites for hydroxylation is 3. The summed E-state index contributed by atoms with van der Waals surface area (Å²) in [5.41, 5.74) is 4.88. The Morgan fingerprint density at radius 2 is 1.95 bits per heavy atom. The zero-order valence-electron chi connectivity index (χ0n) is 11.7. The quantitative estimate of drug-likeness (QED) is 0.890. The maximum Gasteiger partial charge on any atom is 0.0539 e. The second-order valence-electron chi connectivity index (χ2n) is 4.89. The molecular weight excluding hydrogens is 302 g/mol. The lowest BCUT2D eigenvalue weighted by Gasteiger charge is -2.09. The number of anilines is 1. The molecule has 4 heteroatoms. The van der Waals surface area contributed by atoms with Crippen LogP contribution in [0.5, 0.6) is 0 Å². The van der Waals surface area contributed by atoms with E-state index in [1.54, 1.807) is 0 Å². The Morgan fingerprint density at radius 1 is 1.26 bits per heavy atom. The van der Waals surface area contributed by atoms with E-state index in [9.17, 15) is 0 Å². The van der Waals surface area contributed by atoms with Crippen LogP contribution in [0, 0.1) is 13.8 Å². The zero-order chi connectivity index (χ0) is 13.8. The standard InChI is InChI=1S/C15H20BrN3/c1-4-5-19-10-13(9-18-19)8-17-14-6-11(2)15(16)12(3)7-14/h6-7,9-10,17H,4-5,8H2,1-3H3. The summed E-state index contributed by atoms with van der Waals surface area (Å²) in [6.07, 6.45) is 5.15. The van der Waals surface area contributed by atoms with Crippen molar-refractivity contribution in [2.24, 2.45) is 0 Å². The van der Waals surface area contributed by atoms with Gasteiger partial charge in [-0.1, -0.05) is 22.9 Å². The molecule has 0 fully saturated rings. The first-order chi connectivity index (χ1) is 9.10. The molecule has 2 rings (SSSR count). The van der Waals surface area contributed by atoms with Crippen molar-refractivity contribution in [3.05, 3.63) is 45.7 Å². The van der Waals surface area contributed by atoms with Crippen LogP contribution in [0.1, 0.15) is 30.0 Å². The normalized spacial score (nSPS) is 10.7. The molecule has 0 aliphatic rings. The van der Waals surface area contributed by atoms with E-state index in [2.05, 4.69) is 65.4 Å². The van der Waals surface area contributed by atoms with Gasteiger partial charge in [-0.3, -0.25) is 4.68 Å². The lowest BCUT2D eigenvalue weighted by atomic mass is 10.1.